The zero-order valence-electron chi connectivity index (χ0n) is 13.7. The van der Waals surface area contributed by atoms with E-state index in [4.69, 9.17) is 4.74 Å². The van der Waals surface area contributed by atoms with Gasteiger partial charge in [-0.05, 0) is 30.7 Å². The topological polar surface area (TPSA) is 51.5 Å². The van der Waals surface area contributed by atoms with Crippen LogP contribution in [0.5, 0.6) is 5.75 Å². The third kappa shape index (κ3) is 3.70. The number of aryl methyl sites for hydroxylation is 1. The Balaban J connectivity index is 1.53. The number of carbonyl (C=O) groups excluding carboxylic acids is 1. The van der Waals surface area contributed by atoms with Gasteiger partial charge in [0.2, 0.25) is 5.91 Å². The first-order valence-corrected chi connectivity index (χ1v) is 8.58. The molecule has 1 aromatic carbocycles. The zero-order chi connectivity index (χ0) is 17.3. The Hall–Kier alpha value is -2.08. The van der Waals surface area contributed by atoms with E-state index in [1.165, 1.54) is 6.07 Å². The number of aromatic nitrogens is 1. The van der Waals surface area contributed by atoms with Crippen LogP contribution >= 0.6 is 15.9 Å². The molecular formula is C18H19BrN2O3. The molecular weight excluding hydrogens is 372 g/mol. The van der Waals surface area contributed by atoms with Crippen molar-refractivity contribution in [3.63, 3.8) is 0 Å². The highest BCUT2D eigenvalue weighted by Crippen LogP contribution is 2.19. The molecule has 0 aliphatic carbocycles. The highest BCUT2D eigenvalue weighted by molar-refractivity contribution is 9.10. The molecule has 6 heteroatoms. The smallest absolute Gasteiger partial charge is 0.254 e. The molecule has 1 fully saturated rings. The largest absolute Gasteiger partial charge is 0.486 e. The second-order valence-electron chi connectivity index (χ2n) is 6.07. The lowest BCUT2D eigenvalue weighted by molar-refractivity contribution is -0.139. The van der Waals surface area contributed by atoms with Crippen LogP contribution in [0.15, 0.2) is 45.7 Å². The first-order chi connectivity index (χ1) is 11.4. The van der Waals surface area contributed by atoms with Crippen molar-refractivity contribution in [3.8, 4) is 5.75 Å². The maximum Gasteiger partial charge on any atom is 0.254 e. The number of benzene rings is 1. The number of hydrogen-bond acceptors (Lipinski definition) is 3. The summed E-state index contributed by atoms with van der Waals surface area (Å²) in [5.41, 5.74) is 1.75. The van der Waals surface area contributed by atoms with Crippen LogP contribution in [-0.4, -0.2) is 34.6 Å². The first kappa shape index (κ1) is 16.8. The van der Waals surface area contributed by atoms with Gasteiger partial charge in [-0.3, -0.25) is 9.59 Å². The third-order valence-corrected chi connectivity index (χ3v) is 4.78. The van der Waals surface area contributed by atoms with Gasteiger partial charge in [0, 0.05) is 23.3 Å². The molecule has 0 spiro atoms. The van der Waals surface area contributed by atoms with Crippen LogP contribution in [0.4, 0.5) is 0 Å². The van der Waals surface area contributed by atoms with Crippen LogP contribution < -0.4 is 10.3 Å². The fourth-order valence-electron chi connectivity index (χ4n) is 2.60. The van der Waals surface area contributed by atoms with Crippen molar-refractivity contribution in [2.45, 2.75) is 19.4 Å². The second kappa shape index (κ2) is 6.81. The molecule has 0 unspecified atom stereocenters. The van der Waals surface area contributed by atoms with Crippen LogP contribution in [0.2, 0.25) is 0 Å². The fraction of sp³-hybridized carbons (Fsp3) is 0.333. The van der Waals surface area contributed by atoms with E-state index >= 15 is 0 Å². The number of pyridine rings is 1. The summed E-state index contributed by atoms with van der Waals surface area (Å²) < 4.78 is 8.37. The van der Waals surface area contributed by atoms with Gasteiger partial charge in [0.05, 0.1) is 19.5 Å². The van der Waals surface area contributed by atoms with Crippen molar-refractivity contribution in [1.29, 1.82) is 0 Å². The Morgan fingerprint density at radius 2 is 1.92 bits per heavy atom. The van der Waals surface area contributed by atoms with Gasteiger partial charge in [-0.15, -0.1) is 0 Å². The van der Waals surface area contributed by atoms with E-state index in [9.17, 15) is 9.59 Å². The van der Waals surface area contributed by atoms with Gasteiger partial charge in [-0.1, -0.05) is 28.1 Å². The maximum absolute atomic E-state index is 12.2. The van der Waals surface area contributed by atoms with E-state index in [0.717, 1.165) is 15.7 Å². The highest BCUT2D eigenvalue weighted by atomic mass is 79.9. The van der Waals surface area contributed by atoms with E-state index in [0.29, 0.717) is 25.3 Å². The average molecular weight is 391 g/mol. The number of carbonyl (C=O) groups is 1. The molecule has 2 aromatic rings. The molecule has 0 bridgehead atoms. The van der Waals surface area contributed by atoms with Gasteiger partial charge in [-0.2, -0.15) is 0 Å². The monoisotopic (exact) mass is 390 g/mol. The number of hydrogen-bond donors (Lipinski definition) is 0. The molecule has 0 N–H and O–H groups in total. The molecule has 126 valence electrons. The molecule has 1 aliphatic rings. The molecule has 0 atom stereocenters. The molecule has 1 amide bonds. The summed E-state index contributed by atoms with van der Waals surface area (Å²) in [4.78, 5) is 25.8. The minimum Gasteiger partial charge on any atom is -0.486 e. The Labute approximate surface area is 149 Å². The van der Waals surface area contributed by atoms with Gasteiger partial charge in [0.15, 0.2) is 0 Å². The molecule has 0 saturated carbocycles. The lowest BCUT2D eigenvalue weighted by atomic mass is 10.1. The normalized spacial score (nSPS) is 14.4. The molecule has 5 nitrogen and oxygen atoms in total. The maximum atomic E-state index is 12.2. The average Bonchev–Trinajstić information content (AvgIpc) is 2.50. The lowest BCUT2D eigenvalue weighted by Crippen LogP contribution is -2.56. The van der Waals surface area contributed by atoms with E-state index in [1.807, 2.05) is 37.3 Å². The molecule has 1 aliphatic heterocycles. The number of nitrogens with zero attached hydrogens (tertiary/aromatic N) is 2. The Morgan fingerprint density at radius 3 is 2.54 bits per heavy atom. The van der Waals surface area contributed by atoms with E-state index < -0.39 is 0 Å². The first-order valence-electron chi connectivity index (χ1n) is 7.79. The quantitative estimate of drug-likeness (QED) is 0.804. The summed E-state index contributed by atoms with van der Waals surface area (Å²) in [6, 6.07) is 11.1. The fourth-order valence-corrected chi connectivity index (χ4v) is 2.87. The number of amides is 1. The Bertz CT molecular complexity index is 808. The Kier molecular flexibility index (Phi) is 4.76. The predicted octanol–water partition coefficient (Wildman–Crippen LogP) is 2.29. The molecule has 2 heterocycles. The van der Waals surface area contributed by atoms with Crippen LogP contribution in [0.1, 0.15) is 11.3 Å². The third-order valence-electron chi connectivity index (χ3n) is 4.25. The van der Waals surface area contributed by atoms with Gasteiger partial charge in [-0.25, -0.2) is 0 Å². The van der Waals surface area contributed by atoms with Crippen molar-refractivity contribution in [2.75, 3.05) is 13.1 Å². The van der Waals surface area contributed by atoms with E-state index in [2.05, 4.69) is 15.9 Å². The molecule has 0 radical (unpaired) electrons. The number of ether oxygens (including phenoxy) is 1. The Morgan fingerprint density at radius 1 is 1.25 bits per heavy atom. The number of likely N-dealkylation sites (tertiary alicyclic amines) is 1. The van der Waals surface area contributed by atoms with Crippen LogP contribution in [-0.2, 0) is 18.3 Å². The van der Waals surface area contributed by atoms with Crippen LogP contribution in [0.3, 0.4) is 0 Å². The van der Waals surface area contributed by atoms with Gasteiger partial charge in [0.25, 0.3) is 5.56 Å². The highest BCUT2D eigenvalue weighted by Gasteiger charge is 2.32. The number of rotatable bonds is 4. The molecule has 1 saturated heterocycles. The molecule has 3 rings (SSSR count). The predicted molar refractivity (Wildman–Crippen MR) is 95.3 cm³/mol. The summed E-state index contributed by atoms with van der Waals surface area (Å²) in [6.07, 6.45) is 0.343. The van der Waals surface area contributed by atoms with Crippen molar-refractivity contribution in [2.24, 2.45) is 7.05 Å². The standard InChI is InChI=1S/C18H19BrN2O3/c1-12-7-15(9-17(22)20(12)2)24-16-10-21(11-16)18(23)8-13-3-5-14(19)6-4-13/h3-7,9,16H,8,10-11H2,1-2H3. The van der Waals surface area contributed by atoms with Crippen molar-refractivity contribution < 1.29 is 9.53 Å². The van der Waals surface area contributed by atoms with Crippen molar-refractivity contribution in [3.05, 3.63) is 62.5 Å². The van der Waals surface area contributed by atoms with Crippen molar-refractivity contribution >= 4 is 21.8 Å². The van der Waals surface area contributed by atoms with Crippen molar-refractivity contribution in [1.82, 2.24) is 9.47 Å². The number of halogens is 1. The molecule has 1 aromatic heterocycles. The van der Waals surface area contributed by atoms with Crippen LogP contribution in [0, 0.1) is 6.92 Å². The minimum atomic E-state index is -0.0903. The molecule has 24 heavy (non-hydrogen) atoms. The van der Waals surface area contributed by atoms with Gasteiger partial charge >= 0.3 is 0 Å². The minimum absolute atomic E-state index is 0.0506. The summed E-state index contributed by atoms with van der Waals surface area (Å²) >= 11 is 3.38. The SMILES string of the molecule is Cc1cc(OC2CN(C(=O)Cc3ccc(Br)cc3)C2)cc(=O)n1C. The van der Waals surface area contributed by atoms with Gasteiger partial charge in [0.1, 0.15) is 11.9 Å². The van der Waals surface area contributed by atoms with Gasteiger partial charge < -0.3 is 14.2 Å². The zero-order valence-corrected chi connectivity index (χ0v) is 15.2. The second-order valence-corrected chi connectivity index (χ2v) is 6.99. The van der Waals surface area contributed by atoms with E-state index in [1.54, 1.807) is 16.5 Å². The van der Waals surface area contributed by atoms with Crippen LogP contribution in [0.25, 0.3) is 0 Å². The lowest BCUT2D eigenvalue weighted by Gasteiger charge is -2.39. The summed E-state index contributed by atoms with van der Waals surface area (Å²) in [7, 11) is 1.73. The summed E-state index contributed by atoms with van der Waals surface area (Å²) in [5, 5.41) is 0. The summed E-state index contributed by atoms with van der Waals surface area (Å²) in [6.45, 7) is 2.98. The van der Waals surface area contributed by atoms with E-state index in [-0.39, 0.29) is 17.6 Å². The summed E-state index contributed by atoms with van der Waals surface area (Å²) in [5.74, 6) is 0.665.